The summed E-state index contributed by atoms with van der Waals surface area (Å²) in [7, 11) is 0. The largest absolute Gasteiger partial charge is 0.493 e. The molecule has 1 N–H and O–H groups in total. The molecule has 0 bridgehead atoms. The second-order valence-corrected chi connectivity index (χ2v) is 7.44. The Balaban J connectivity index is 1.68. The molecule has 0 aliphatic carbocycles. The third-order valence-electron chi connectivity index (χ3n) is 5.19. The van der Waals surface area contributed by atoms with Crippen LogP contribution in [-0.2, 0) is 11.2 Å². The highest BCUT2D eigenvalue weighted by molar-refractivity contribution is 6.02. The van der Waals surface area contributed by atoms with Crippen LogP contribution in [0.2, 0.25) is 0 Å². The van der Waals surface area contributed by atoms with Crippen molar-refractivity contribution in [3.63, 3.8) is 0 Å². The van der Waals surface area contributed by atoms with Crippen LogP contribution in [0.15, 0.2) is 42.5 Å². The lowest BCUT2D eigenvalue weighted by Gasteiger charge is -2.18. The van der Waals surface area contributed by atoms with Crippen LogP contribution < -0.4 is 14.8 Å². The van der Waals surface area contributed by atoms with E-state index < -0.39 is 0 Å². The molecule has 0 aromatic heterocycles. The van der Waals surface area contributed by atoms with Crippen molar-refractivity contribution in [2.75, 3.05) is 25.0 Å². The van der Waals surface area contributed by atoms with Crippen LogP contribution in [-0.4, -0.2) is 42.5 Å². The predicted molar refractivity (Wildman–Crippen MR) is 123 cm³/mol. The Hall–Kier alpha value is -3.28. The number of fused-ring (bicyclic) bond motifs is 1. The zero-order chi connectivity index (χ0) is 22.4. The normalized spacial score (nSPS) is 14.8. The number of hydrogen-bond donors (Lipinski definition) is 1. The molecule has 0 radical (unpaired) electrons. The molecule has 0 fully saturated rings. The summed E-state index contributed by atoms with van der Waals surface area (Å²) in [5.41, 5.74) is 3.15. The molecule has 0 spiro atoms. The number of ether oxygens (including phenoxy) is 2. The average Bonchev–Trinajstić information content (AvgIpc) is 3.12. The van der Waals surface area contributed by atoms with Gasteiger partial charge in [-0.05, 0) is 70.2 Å². The number of benzene rings is 2. The lowest BCUT2D eigenvalue weighted by molar-refractivity contribution is -0.111. The molecule has 3 rings (SSSR count). The van der Waals surface area contributed by atoms with E-state index in [4.69, 9.17) is 9.47 Å². The number of hydrogen-bond acceptors (Lipinski definition) is 4. The van der Waals surface area contributed by atoms with E-state index in [2.05, 4.69) is 5.32 Å². The van der Waals surface area contributed by atoms with E-state index in [0.29, 0.717) is 30.9 Å². The van der Waals surface area contributed by atoms with Gasteiger partial charge in [0, 0.05) is 48.0 Å². The number of nitrogens with zero attached hydrogens (tertiary/aromatic N) is 1. The van der Waals surface area contributed by atoms with E-state index >= 15 is 0 Å². The fourth-order valence-electron chi connectivity index (χ4n) is 3.60. The van der Waals surface area contributed by atoms with Gasteiger partial charge in [0.15, 0.2) is 0 Å². The Labute approximate surface area is 183 Å². The Morgan fingerprint density at radius 1 is 1.16 bits per heavy atom. The molecule has 31 heavy (non-hydrogen) atoms. The molecule has 164 valence electrons. The molecule has 2 aromatic carbocycles. The fourth-order valence-corrected chi connectivity index (χ4v) is 3.60. The standard InChI is InChI=1S/C25H30N2O4/c1-5-27(6-2)25(29)18-8-11-21(12-9-18)26-24(28)13-10-19-15-23-20(14-17(4)31-23)16-22(19)30-7-3/h8-13,15-17H,5-7,14H2,1-4H3,(H,26,28)/b13-10+. The monoisotopic (exact) mass is 422 g/mol. The first-order valence-electron chi connectivity index (χ1n) is 10.8. The molecule has 1 atom stereocenters. The van der Waals surface area contributed by atoms with Crippen LogP contribution in [0.25, 0.3) is 6.08 Å². The van der Waals surface area contributed by atoms with E-state index in [1.807, 2.05) is 39.8 Å². The zero-order valence-electron chi connectivity index (χ0n) is 18.6. The van der Waals surface area contributed by atoms with Crippen molar-refractivity contribution < 1.29 is 19.1 Å². The van der Waals surface area contributed by atoms with Crippen molar-refractivity contribution in [3.05, 3.63) is 59.2 Å². The summed E-state index contributed by atoms with van der Waals surface area (Å²) in [6.45, 7) is 9.73. The van der Waals surface area contributed by atoms with Gasteiger partial charge < -0.3 is 19.7 Å². The van der Waals surface area contributed by atoms with Crippen LogP contribution in [0, 0.1) is 0 Å². The van der Waals surface area contributed by atoms with Gasteiger partial charge in [0.2, 0.25) is 5.91 Å². The Morgan fingerprint density at radius 2 is 1.87 bits per heavy atom. The minimum Gasteiger partial charge on any atom is -0.493 e. The lowest BCUT2D eigenvalue weighted by atomic mass is 10.1. The van der Waals surface area contributed by atoms with Gasteiger partial charge in [-0.15, -0.1) is 0 Å². The molecule has 0 saturated carbocycles. The van der Waals surface area contributed by atoms with Crippen LogP contribution in [0.4, 0.5) is 5.69 Å². The second-order valence-electron chi connectivity index (χ2n) is 7.44. The Kier molecular flexibility index (Phi) is 7.34. The first kappa shape index (κ1) is 22.4. The van der Waals surface area contributed by atoms with E-state index in [-0.39, 0.29) is 17.9 Å². The summed E-state index contributed by atoms with van der Waals surface area (Å²) in [5.74, 6) is 1.30. The highest BCUT2D eigenvalue weighted by Crippen LogP contribution is 2.35. The van der Waals surface area contributed by atoms with Gasteiger partial charge in [0.05, 0.1) is 6.61 Å². The smallest absolute Gasteiger partial charge is 0.253 e. The minimum atomic E-state index is -0.264. The molecule has 1 aliphatic heterocycles. The summed E-state index contributed by atoms with van der Waals surface area (Å²) >= 11 is 0. The average molecular weight is 423 g/mol. The molecule has 1 aliphatic rings. The van der Waals surface area contributed by atoms with E-state index in [1.54, 1.807) is 35.2 Å². The maximum absolute atomic E-state index is 12.4. The molecular weight excluding hydrogens is 392 g/mol. The van der Waals surface area contributed by atoms with Crippen molar-refractivity contribution in [1.29, 1.82) is 0 Å². The topological polar surface area (TPSA) is 67.9 Å². The molecular formula is C25H30N2O4. The van der Waals surface area contributed by atoms with Crippen molar-refractivity contribution in [2.45, 2.75) is 40.2 Å². The third-order valence-corrected chi connectivity index (χ3v) is 5.19. The van der Waals surface area contributed by atoms with Crippen LogP contribution in [0.3, 0.4) is 0 Å². The molecule has 2 amide bonds. The molecule has 6 heteroatoms. The SMILES string of the molecule is CCOc1cc2c(cc1/C=C/C(=O)Nc1ccc(C(=O)N(CC)CC)cc1)OC(C)C2. The molecule has 0 saturated heterocycles. The summed E-state index contributed by atoms with van der Waals surface area (Å²) in [4.78, 5) is 26.6. The lowest BCUT2D eigenvalue weighted by Crippen LogP contribution is -2.30. The van der Waals surface area contributed by atoms with Gasteiger partial charge in [0.1, 0.15) is 17.6 Å². The number of nitrogens with one attached hydrogen (secondary N) is 1. The summed E-state index contributed by atoms with van der Waals surface area (Å²) in [6.07, 6.45) is 4.19. The minimum absolute atomic E-state index is 0.0145. The number of carbonyl (C=O) groups excluding carboxylic acids is 2. The predicted octanol–water partition coefficient (Wildman–Crippen LogP) is 4.54. The summed E-state index contributed by atoms with van der Waals surface area (Å²) in [6, 6.07) is 10.8. The first-order chi connectivity index (χ1) is 14.9. The summed E-state index contributed by atoms with van der Waals surface area (Å²) in [5, 5.41) is 2.82. The van der Waals surface area contributed by atoms with E-state index in [1.165, 1.54) is 6.08 Å². The van der Waals surface area contributed by atoms with Gasteiger partial charge in [0.25, 0.3) is 5.91 Å². The highest BCUT2D eigenvalue weighted by atomic mass is 16.5. The number of rotatable bonds is 8. The van der Waals surface area contributed by atoms with Gasteiger partial charge in [-0.25, -0.2) is 0 Å². The molecule has 1 heterocycles. The second kappa shape index (κ2) is 10.2. The van der Waals surface area contributed by atoms with E-state index in [9.17, 15) is 9.59 Å². The Bertz CT molecular complexity index is 962. The van der Waals surface area contributed by atoms with Crippen LogP contribution in [0.1, 0.15) is 49.2 Å². The number of amides is 2. The van der Waals surface area contributed by atoms with Gasteiger partial charge in [-0.1, -0.05) is 0 Å². The Morgan fingerprint density at radius 3 is 2.52 bits per heavy atom. The number of carbonyl (C=O) groups is 2. The van der Waals surface area contributed by atoms with Crippen molar-refractivity contribution in [1.82, 2.24) is 4.90 Å². The van der Waals surface area contributed by atoms with Crippen molar-refractivity contribution in [3.8, 4) is 11.5 Å². The first-order valence-corrected chi connectivity index (χ1v) is 10.8. The quantitative estimate of drug-likeness (QED) is 0.634. The fraction of sp³-hybridized carbons (Fsp3) is 0.360. The maximum Gasteiger partial charge on any atom is 0.253 e. The van der Waals surface area contributed by atoms with Gasteiger partial charge >= 0.3 is 0 Å². The number of anilines is 1. The highest BCUT2D eigenvalue weighted by Gasteiger charge is 2.21. The van der Waals surface area contributed by atoms with Crippen molar-refractivity contribution in [2.24, 2.45) is 0 Å². The van der Waals surface area contributed by atoms with Gasteiger partial charge in [-0.3, -0.25) is 9.59 Å². The van der Waals surface area contributed by atoms with Gasteiger partial charge in [-0.2, -0.15) is 0 Å². The van der Waals surface area contributed by atoms with Crippen LogP contribution >= 0.6 is 0 Å². The summed E-state index contributed by atoms with van der Waals surface area (Å²) < 4.78 is 11.6. The zero-order valence-corrected chi connectivity index (χ0v) is 18.6. The molecule has 2 aromatic rings. The maximum atomic E-state index is 12.4. The molecule has 1 unspecified atom stereocenters. The third kappa shape index (κ3) is 5.45. The van der Waals surface area contributed by atoms with E-state index in [0.717, 1.165) is 29.0 Å². The van der Waals surface area contributed by atoms with Crippen molar-refractivity contribution >= 4 is 23.6 Å². The van der Waals surface area contributed by atoms with Crippen LogP contribution in [0.5, 0.6) is 11.5 Å². The molecule has 6 nitrogen and oxygen atoms in total.